The van der Waals surface area contributed by atoms with E-state index in [4.69, 9.17) is 17.5 Å². The van der Waals surface area contributed by atoms with Crippen molar-refractivity contribution in [3.63, 3.8) is 0 Å². The van der Waals surface area contributed by atoms with Gasteiger partial charge in [-0.1, -0.05) is 0 Å². The van der Waals surface area contributed by atoms with Crippen LogP contribution in [0.4, 0.5) is 0 Å². The number of phenolic OH excluding ortho intramolecular Hbond substituents is 1. The van der Waals surface area contributed by atoms with Crippen LogP contribution in [0.1, 0.15) is 5.56 Å². The zero-order valence-electron chi connectivity index (χ0n) is 8.52. The van der Waals surface area contributed by atoms with Gasteiger partial charge in [0.2, 0.25) is 0 Å². The second-order valence-electron chi connectivity index (χ2n) is 3.32. The van der Waals surface area contributed by atoms with Crippen LogP contribution in [0.5, 0.6) is 5.75 Å². The largest absolute Gasteiger partial charge is 0.508 e. The fraction of sp³-hybridized carbons (Fsp3) is 0. The lowest BCUT2D eigenvalue weighted by Crippen LogP contribution is -2.13. The summed E-state index contributed by atoms with van der Waals surface area (Å²) < 4.78 is 0.150. The minimum atomic E-state index is -0.528. The maximum Gasteiger partial charge on any atom is 0.270 e. The van der Waals surface area contributed by atoms with Crippen LogP contribution in [0, 0.1) is 16.1 Å². The van der Waals surface area contributed by atoms with E-state index in [1.165, 1.54) is 12.1 Å². The van der Waals surface area contributed by atoms with E-state index < -0.39 is 5.56 Å². The Balaban J connectivity index is 2.75. The number of hydrogen-bond donors (Lipinski definition) is 3. The molecule has 0 saturated carbocycles. The average Bonchev–Trinajstić information content (AvgIpc) is 2.29. The van der Waals surface area contributed by atoms with E-state index in [0.717, 1.165) is 0 Å². The third-order valence-corrected chi connectivity index (χ3v) is 2.41. The maximum atomic E-state index is 11.5. The van der Waals surface area contributed by atoms with Gasteiger partial charge < -0.3 is 10.1 Å². The van der Waals surface area contributed by atoms with Crippen LogP contribution >= 0.6 is 12.2 Å². The molecule has 2 rings (SSSR count). The second kappa shape index (κ2) is 4.23. The molecular formula is C11H7N3O2S. The molecule has 1 heterocycles. The summed E-state index contributed by atoms with van der Waals surface area (Å²) in [5.74, 6) is 0.107. The van der Waals surface area contributed by atoms with E-state index in [2.05, 4.69) is 9.97 Å². The summed E-state index contributed by atoms with van der Waals surface area (Å²) in [6.45, 7) is 0. The Bertz CT molecular complexity index is 707. The lowest BCUT2D eigenvalue weighted by atomic mass is 10.1. The summed E-state index contributed by atoms with van der Waals surface area (Å²) in [7, 11) is 0. The van der Waals surface area contributed by atoms with Crippen LogP contribution in [0.25, 0.3) is 11.3 Å². The first-order valence-corrected chi connectivity index (χ1v) is 5.09. The van der Waals surface area contributed by atoms with Gasteiger partial charge in [-0.05, 0) is 42.0 Å². The first-order chi connectivity index (χ1) is 8.11. The third-order valence-electron chi connectivity index (χ3n) is 2.21. The number of nitrogens with one attached hydrogen (secondary N) is 2. The minimum Gasteiger partial charge on any atom is -0.508 e. The SMILES string of the molecule is N#Cc1c(-c2ccc(O)cc2)[nH]c(=S)[nH]c1=O. The number of nitrogens with zero attached hydrogens (tertiary/aromatic N) is 1. The first kappa shape index (κ1) is 11.1. The lowest BCUT2D eigenvalue weighted by Gasteiger charge is -2.03. The van der Waals surface area contributed by atoms with Crippen molar-refractivity contribution in [2.24, 2.45) is 0 Å². The van der Waals surface area contributed by atoms with Crippen molar-refractivity contribution in [2.75, 3.05) is 0 Å². The number of nitriles is 1. The Morgan fingerprint density at radius 2 is 1.88 bits per heavy atom. The van der Waals surface area contributed by atoms with Gasteiger partial charge in [0.15, 0.2) is 4.77 Å². The molecule has 1 aromatic heterocycles. The summed E-state index contributed by atoms with van der Waals surface area (Å²) in [6.07, 6.45) is 0. The number of rotatable bonds is 1. The van der Waals surface area contributed by atoms with Gasteiger partial charge in [0.05, 0.1) is 5.69 Å². The molecule has 0 amide bonds. The summed E-state index contributed by atoms with van der Waals surface area (Å²) in [6, 6.07) is 7.94. The Hall–Kier alpha value is -2.39. The second-order valence-corrected chi connectivity index (χ2v) is 3.73. The smallest absolute Gasteiger partial charge is 0.270 e. The highest BCUT2D eigenvalue weighted by Crippen LogP contribution is 2.20. The van der Waals surface area contributed by atoms with E-state index >= 15 is 0 Å². The van der Waals surface area contributed by atoms with Crippen LogP contribution in [0.3, 0.4) is 0 Å². The Morgan fingerprint density at radius 1 is 1.24 bits per heavy atom. The van der Waals surface area contributed by atoms with Crippen LogP contribution < -0.4 is 5.56 Å². The van der Waals surface area contributed by atoms with E-state index in [1.807, 2.05) is 6.07 Å². The summed E-state index contributed by atoms with van der Waals surface area (Å²) >= 11 is 4.85. The fourth-order valence-electron chi connectivity index (χ4n) is 1.44. The summed E-state index contributed by atoms with van der Waals surface area (Å²) in [5.41, 5.74) is 0.390. The first-order valence-electron chi connectivity index (χ1n) is 4.68. The highest BCUT2D eigenvalue weighted by molar-refractivity contribution is 7.71. The van der Waals surface area contributed by atoms with Crippen molar-refractivity contribution in [1.29, 1.82) is 5.26 Å². The van der Waals surface area contributed by atoms with E-state index in [-0.39, 0.29) is 16.1 Å². The Kier molecular flexibility index (Phi) is 2.77. The van der Waals surface area contributed by atoms with E-state index in [0.29, 0.717) is 11.3 Å². The monoisotopic (exact) mass is 245 g/mol. The highest BCUT2D eigenvalue weighted by Gasteiger charge is 2.09. The molecule has 5 nitrogen and oxygen atoms in total. The van der Waals surface area contributed by atoms with Gasteiger partial charge >= 0.3 is 0 Å². The molecular weight excluding hydrogens is 238 g/mol. The highest BCUT2D eigenvalue weighted by atomic mass is 32.1. The van der Waals surface area contributed by atoms with Gasteiger partial charge in [0.25, 0.3) is 5.56 Å². The molecule has 0 saturated heterocycles. The topological polar surface area (TPSA) is 92.7 Å². The third kappa shape index (κ3) is 2.09. The van der Waals surface area contributed by atoms with E-state index in [9.17, 15) is 9.90 Å². The van der Waals surface area contributed by atoms with Crippen molar-refractivity contribution in [3.05, 3.63) is 45.0 Å². The predicted molar refractivity (Wildman–Crippen MR) is 64.1 cm³/mol. The van der Waals surface area contributed by atoms with Crippen LogP contribution in [-0.4, -0.2) is 15.1 Å². The van der Waals surface area contributed by atoms with Crippen LogP contribution in [0.15, 0.2) is 29.1 Å². The van der Waals surface area contributed by atoms with Crippen molar-refractivity contribution in [3.8, 4) is 23.1 Å². The molecule has 6 heteroatoms. The molecule has 17 heavy (non-hydrogen) atoms. The quantitative estimate of drug-likeness (QED) is 0.666. The van der Waals surface area contributed by atoms with Crippen LogP contribution in [0.2, 0.25) is 0 Å². The summed E-state index contributed by atoms with van der Waals surface area (Å²) in [5, 5.41) is 18.1. The molecule has 84 valence electrons. The molecule has 2 aromatic rings. The van der Waals surface area contributed by atoms with Crippen molar-refractivity contribution < 1.29 is 5.11 Å². The lowest BCUT2D eigenvalue weighted by molar-refractivity contribution is 0.475. The number of phenols is 1. The van der Waals surface area contributed by atoms with Gasteiger partial charge in [-0.15, -0.1) is 0 Å². The molecule has 0 unspecified atom stereocenters. The standard InChI is InChI=1S/C11H7N3O2S/c12-5-8-9(13-11(17)14-10(8)16)6-1-3-7(15)4-2-6/h1-4,15H,(H2,13,14,16,17). The van der Waals surface area contributed by atoms with Crippen molar-refractivity contribution in [2.45, 2.75) is 0 Å². The van der Waals surface area contributed by atoms with Crippen LogP contribution in [-0.2, 0) is 0 Å². The number of benzene rings is 1. The predicted octanol–water partition coefficient (Wildman–Crippen LogP) is 1.68. The number of aromatic nitrogens is 2. The normalized spacial score (nSPS) is 9.82. The molecule has 3 N–H and O–H groups in total. The molecule has 0 bridgehead atoms. The zero-order valence-corrected chi connectivity index (χ0v) is 9.34. The molecule has 0 atom stereocenters. The molecule has 0 aliphatic rings. The van der Waals surface area contributed by atoms with Gasteiger partial charge in [-0.2, -0.15) is 5.26 Å². The Labute approximate surface area is 101 Å². The average molecular weight is 245 g/mol. The van der Waals surface area contributed by atoms with E-state index in [1.54, 1.807) is 12.1 Å². The number of aromatic hydroxyl groups is 1. The molecule has 0 radical (unpaired) electrons. The zero-order chi connectivity index (χ0) is 12.4. The molecule has 0 fully saturated rings. The number of H-pyrrole nitrogens is 2. The van der Waals surface area contributed by atoms with Gasteiger partial charge in [0.1, 0.15) is 17.4 Å². The minimum absolute atomic E-state index is 0.0377. The van der Waals surface area contributed by atoms with Gasteiger partial charge in [0, 0.05) is 0 Å². The Morgan fingerprint density at radius 3 is 2.47 bits per heavy atom. The summed E-state index contributed by atoms with van der Waals surface area (Å²) in [4.78, 5) is 16.6. The van der Waals surface area contributed by atoms with Crippen molar-refractivity contribution >= 4 is 12.2 Å². The number of hydrogen-bond acceptors (Lipinski definition) is 4. The fourth-order valence-corrected chi connectivity index (χ4v) is 1.63. The maximum absolute atomic E-state index is 11.5. The van der Waals surface area contributed by atoms with Crippen molar-refractivity contribution in [1.82, 2.24) is 9.97 Å². The molecule has 0 spiro atoms. The van der Waals surface area contributed by atoms with Gasteiger partial charge in [-0.3, -0.25) is 9.78 Å². The molecule has 0 aliphatic heterocycles. The number of aromatic amines is 2. The molecule has 0 aliphatic carbocycles. The van der Waals surface area contributed by atoms with Gasteiger partial charge in [-0.25, -0.2) is 0 Å². The molecule has 1 aromatic carbocycles.